The van der Waals surface area contributed by atoms with Crippen LogP contribution in [0.5, 0.6) is 0 Å². The van der Waals surface area contributed by atoms with E-state index in [0.29, 0.717) is 34.3 Å². The maximum Gasteiger partial charge on any atom is 0.264 e. The lowest BCUT2D eigenvalue weighted by Crippen LogP contribution is -2.52. The molecule has 0 radical (unpaired) electrons. The van der Waals surface area contributed by atoms with E-state index in [1.807, 2.05) is 27.7 Å². The molecule has 0 heterocycles. The number of anilines is 1. The Bertz CT molecular complexity index is 1410. The Labute approximate surface area is 247 Å². The van der Waals surface area contributed by atoms with Gasteiger partial charge in [-0.3, -0.25) is 13.9 Å². The fourth-order valence-electron chi connectivity index (χ4n) is 4.14. The van der Waals surface area contributed by atoms with Gasteiger partial charge in [-0.2, -0.15) is 0 Å². The highest BCUT2D eigenvalue weighted by molar-refractivity contribution is 7.92. The number of nitrogens with one attached hydrogen (secondary N) is 1. The van der Waals surface area contributed by atoms with Crippen molar-refractivity contribution >= 4 is 50.7 Å². The lowest BCUT2D eigenvalue weighted by molar-refractivity contribution is -0.140. The molecule has 0 unspecified atom stereocenters. The number of aryl methyl sites for hydroxylation is 1. The summed E-state index contributed by atoms with van der Waals surface area (Å²) in [7, 11) is -4.11. The molecule has 7 nitrogen and oxygen atoms in total. The Morgan fingerprint density at radius 2 is 1.57 bits per heavy atom. The second kappa shape index (κ2) is 14.0. The van der Waals surface area contributed by atoms with E-state index in [4.69, 9.17) is 23.2 Å². The minimum absolute atomic E-state index is 0.0382. The summed E-state index contributed by atoms with van der Waals surface area (Å²) in [5.74, 6) is -0.622. The second-order valence-corrected chi connectivity index (χ2v) is 12.7. The number of hydrogen-bond donors (Lipinski definition) is 1. The molecule has 1 atom stereocenters. The standard InChI is InChI=1S/C30H35Cl2N3O4S/c1-5-28(30(37)33-18-21(2)3)34(19-23-13-16-26(31)27(32)17-23)29(36)20-35(24-9-7-6-8-10-24)40(38,39)25-14-11-22(4)12-15-25/h6-17,21,28H,5,18-20H2,1-4H3,(H,33,37)/t28-/m0/s1. The molecule has 0 aliphatic heterocycles. The summed E-state index contributed by atoms with van der Waals surface area (Å²) in [4.78, 5) is 28.8. The highest BCUT2D eigenvalue weighted by atomic mass is 35.5. The van der Waals surface area contributed by atoms with Gasteiger partial charge >= 0.3 is 0 Å². The molecule has 10 heteroatoms. The Morgan fingerprint density at radius 1 is 0.925 bits per heavy atom. The first-order chi connectivity index (χ1) is 18.9. The number of carbonyl (C=O) groups excluding carboxylic acids is 2. The van der Waals surface area contributed by atoms with Crippen molar-refractivity contribution in [2.24, 2.45) is 5.92 Å². The van der Waals surface area contributed by atoms with Gasteiger partial charge in [-0.25, -0.2) is 8.42 Å². The van der Waals surface area contributed by atoms with E-state index in [-0.39, 0.29) is 23.3 Å². The predicted octanol–water partition coefficient (Wildman–Crippen LogP) is 6.08. The van der Waals surface area contributed by atoms with E-state index in [2.05, 4.69) is 5.32 Å². The first-order valence-electron chi connectivity index (χ1n) is 13.1. The lowest BCUT2D eigenvalue weighted by Gasteiger charge is -2.33. The van der Waals surface area contributed by atoms with E-state index in [0.717, 1.165) is 9.87 Å². The number of para-hydroxylation sites is 1. The molecule has 0 aliphatic rings. The fourth-order valence-corrected chi connectivity index (χ4v) is 5.87. The first-order valence-corrected chi connectivity index (χ1v) is 15.3. The molecule has 3 rings (SSSR count). The van der Waals surface area contributed by atoms with Crippen LogP contribution in [0.15, 0.2) is 77.7 Å². The number of nitrogens with zero attached hydrogens (tertiary/aromatic N) is 2. The van der Waals surface area contributed by atoms with Crippen molar-refractivity contribution in [1.82, 2.24) is 10.2 Å². The summed E-state index contributed by atoms with van der Waals surface area (Å²) in [6, 6.07) is 19.1. The summed E-state index contributed by atoms with van der Waals surface area (Å²) in [6.07, 6.45) is 0.326. The van der Waals surface area contributed by atoms with Crippen molar-refractivity contribution in [1.29, 1.82) is 0 Å². The Morgan fingerprint density at radius 3 is 2.15 bits per heavy atom. The number of halogens is 2. The van der Waals surface area contributed by atoms with Crippen LogP contribution in [0.25, 0.3) is 0 Å². The molecular weight excluding hydrogens is 569 g/mol. The zero-order chi connectivity index (χ0) is 29.4. The number of rotatable bonds is 12. The molecule has 3 aromatic rings. The molecule has 0 aromatic heterocycles. The predicted molar refractivity (Wildman–Crippen MR) is 161 cm³/mol. The minimum atomic E-state index is -4.11. The molecule has 40 heavy (non-hydrogen) atoms. The van der Waals surface area contributed by atoms with Crippen molar-refractivity contribution < 1.29 is 18.0 Å². The molecule has 1 N–H and O–H groups in total. The average molecular weight is 605 g/mol. The molecule has 0 saturated heterocycles. The minimum Gasteiger partial charge on any atom is -0.354 e. The molecule has 0 bridgehead atoms. The normalized spacial score (nSPS) is 12.2. The van der Waals surface area contributed by atoms with Crippen LogP contribution >= 0.6 is 23.2 Å². The first kappa shape index (κ1) is 31.5. The molecule has 0 fully saturated rings. The van der Waals surface area contributed by atoms with Crippen LogP contribution in [0.2, 0.25) is 10.0 Å². The summed E-state index contributed by atoms with van der Waals surface area (Å²) >= 11 is 12.3. The van der Waals surface area contributed by atoms with Gasteiger partial charge in [0.1, 0.15) is 12.6 Å². The molecule has 0 spiro atoms. The second-order valence-electron chi connectivity index (χ2n) is 9.99. The van der Waals surface area contributed by atoms with Crippen molar-refractivity contribution in [2.75, 3.05) is 17.4 Å². The third kappa shape index (κ3) is 7.99. The summed E-state index contributed by atoms with van der Waals surface area (Å²) in [5, 5.41) is 3.59. The molecule has 2 amide bonds. The quantitative estimate of drug-likeness (QED) is 0.272. The third-order valence-corrected chi connectivity index (χ3v) is 8.87. The number of benzene rings is 3. The van der Waals surface area contributed by atoms with Crippen molar-refractivity contribution in [3.05, 3.63) is 94.0 Å². The van der Waals surface area contributed by atoms with Crippen molar-refractivity contribution in [2.45, 2.75) is 51.6 Å². The number of amides is 2. The number of carbonyl (C=O) groups is 2. The summed E-state index contributed by atoms with van der Waals surface area (Å²) < 4.78 is 28.8. The zero-order valence-electron chi connectivity index (χ0n) is 23.1. The SMILES string of the molecule is CC[C@@H](C(=O)NCC(C)C)N(Cc1ccc(Cl)c(Cl)c1)C(=O)CN(c1ccccc1)S(=O)(=O)c1ccc(C)cc1. The van der Waals surface area contributed by atoms with Crippen molar-refractivity contribution in [3.63, 3.8) is 0 Å². The van der Waals surface area contributed by atoms with Gasteiger partial charge in [0, 0.05) is 13.1 Å². The third-order valence-electron chi connectivity index (χ3n) is 6.34. The highest BCUT2D eigenvalue weighted by Gasteiger charge is 2.33. The number of hydrogen-bond acceptors (Lipinski definition) is 4. The smallest absolute Gasteiger partial charge is 0.264 e. The van der Waals surface area contributed by atoms with Gasteiger partial charge in [0.25, 0.3) is 10.0 Å². The van der Waals surface area contributed by atoms with Gasteiger partial charge in [-0.05, 0) is 61.2 Å². The fraction of sp³-hybridized carbons (Fsp3) is 0.333. The van der Waals surface area contributed by atoms with Gasteiger partial charge in [0.05, 0.1) is 20.6 Å². The van der Waals surface area contributed by atoms with Crippen molar-refractivity contribution in [3.8, 4) is 0 Å². The van der Waals surface area contributed by atoms with Crippen LogP contribution in [0.3, 0.4) is 0 Å². The van der Waals surface area contributed by atoms with Crippen LogP contribution in [0.4, 0.5) is 5.69 Å². The molecule has 0 saturated carbocycles. The maximum absolute atomic E-state index is 14.0. The van der Waals surface area contributed by atoms with E-state index < -0.39 is 28.5 Å². The maximum atomic E-state index is 14.0. The van der Waals surface area contributed by atoms with E-state index in [1.165, 1.54) is 17.0 Å². The van der Waals surface area contributed by atoms with E-state index in [9.17, 15) is 18.0 Å². The Hall–Kier alpha value is -3.07. The topological polar surface area (TPSA) is 86.8 Å². The van der Waals surface area contributed by atoms with Crippen LogP contribution < -0.4 is 9.62 Å². The average Bonchev–Trinajstić information content (AvgIpc) is 2.92. The van der Waals surface area contributed by atoms with Crippen LogP contribution in [0, 0.1) is 12.8 Å². The van der Waals surface area contributed by atoms with Crippen LogP contribution in [-0.4, -0.2) is 44.3 Å². The monoisotopic (exact) mass is 603 g/mol. The van der Waals surface area contributed by atoms with Gasteiger partial charge < -0.3 is 10.2 Å². The van der Waals surface area contributed by atoms with Gasteiger partial charge in [0.15, 0.2) is 0 Å². The van der Waals surface area contributed by atoms with E-state index >= 15 is 0 Å². The summed E-state index contributed by atoms with van der Waals surface area (Å²) in [5.41, 5.74) is 1.90. The lowest BCUT2D eigenvalue weighted by atomic mass is 10.1. The Kier molecular flexibility index (Phi) is 11.0. The zero-order valence-corrected chi connectivity index (χ0v) is 25.4. The van der Waals surface area contributed by atoms with Gasteiger partial charge in [0.2, 0.25) is 11.8 Å². The Balaban J connectivity index is 2.03. The largest absolute Gasteiger partial charge is 0.354 e. The van der Waals surface area contributed by atoms with E-state index in [1.54, 1.807) is 60.7 Å². The van der Waals surface area contributed by atoms with Crippen LogP contribution in [-0.2, 0) is 26.2 Å². The summed E-state index contributed by atoms with van der Waals surface area (Å²) in [6.45, 7) is 7.62. The van der Waals surface area contributed by atoms with Crippen LogP contribution in [0.1, 0.15) is 38.3 Å². The highest BCUT2D eigenvalue weighted by Crippen LogP contribution is 2.26. The molecular formula is C30H35Cl2N3O4S. The number of sulfonamides is 1. The molecule has 214 valence electrons. The van der Waals surface area contributed by atoms with Gasteiger partial charge in [-0.1, -0.05) is 85.9 Å². The molecule has 3 aromatic carbocycles. The van der Waals surface area contributed by atoms with Gasteiger partial charge in [-0.15, -0.1) is 0 Å². The molecule has 0 aliphatic carbocycles.